The molecule has 0 radical (unpaired) electrons. The molecule has 3 aromatic carbocycles. The van der Waals surface area contributed by atoms with Crippen LogP contribution < -0.4 is 14.2 Å². The third kappa shape index (κ3) is 9.67. The summed E-state index contributed by atoms with van der Waals surface area (Å²) in [4.78, 5) is 48.5. The molecule has 0 unspecified atom stereocenters. The van der Waals surface area contributed by atoms with Gasteiger partial charge >= 0.3 is 17.9 Å². The average Bonchev–Trinajstić information content (AvgIpc) is 3.01. The van der Waals surface area contributed by atoms with Crippen LogP contribution in [-0.4, -0.2) is 22.8 Å². The van der Waals surface area contributed by atoms with Gasteiger partial charge in [0.1, 0.15) is 22.3 Å². The van der Waals surface area contributed by atoms with Crippen molar-refractivity contribution in [2.45, 2.75) is 71.1 Å². The third-order valence-corrected chi connectivity index (χ3v) is 8.90. The van der Waals surface area contributed by atoms with Gasteiger partial charge in [-0.1, -0.05) is 80.3 Å². The van der Waals surface area contributed by atoms with Crippen LogP contribution in [0.2, 0.25) is 15.1 Å². The number of carbonyl (C=O) groups excluding carboxylic acids is 3. The maximum Gasteiger partial charge on any atom is 0.345 e. The average molecular weight is 691 g/mol. The van der Waals surface area contributed by atoms with Gasteiger partial charge < -0.3 is 14.2 Å². The van der Waals surface area contributed by atoms with E-state index < -0.39 is 16.9 Å². The van der Waals surface area contributed by atoms with E-state index >= 15 is 0 Å². The van der Waals surface area contributed by atoms with Gasteiger partial charge in [-0.25, -0.2) is 9.59 Å². The highest BCUT2D eigenvalue weighted by Gasteiger charge is 2.28. The standard InChI is InChI=1S/C34H34Cl3NO8/c1-2-3-4-5-6-7-21-8-10-22(11-9-21)32(39)44-23-12-15-26(28(35)18-23)33(40)45-24-13-16-27(29(36)19-24)34(41)46-25-14-17-31(38(42)43)30(37)20-25/h12-22H,2-11H2,1H3. The van der Waals surface area contributed by atoms with E-state index in [0.717, 1.165) is 37.8 Å². The molecule has 0 amide bonds. The van der Waals surface area contributed by atoms with Gasteiger partial charge in [-0.3, -0.25) is 14.9 Å². The molecule has 0 atom stereocenters. The second-order valence-electron chi connectivity index (χ2n) is 11.3. The number of halogens is 3. The van der Waals surface area contributed by atoms with E-state index in [2.05, 4.69) is 6.92 Å². The molecule has 0 bridgehead atoms. The SMILES string of the molecule is CCCCCCCC1CCC(C(=O)Oc2ccc(C(=O)Oc3ccc(C(=O)Oc4ccc([N+](=O)[O-])c(Cl)c4)c(Cl)c3)c(Cl)c2)CC1. The molecule has 0 N–H and O–H groups in total. The number of nitro groups is 1. The van der Waals surface area contributed by atoms with Crippen LogP contribution in [0.4, 0.5) is 5.69 Å². The number of ether oxygens (including phenoxy) is 3. The number of nitrogens with zero attached hydrogens (tertiary/aromatic N) is 1. The Kier molecular flexibility index (Phi) is 12.8. The van der Waals surface area contributed by atoms with E-state index in [-0.39, 0.29) is 61.0 Å². The topological polar surface area (TPSA) is 122 Å². The van der Waals surface area contributed by atoms with Crippen molar-refractivity contribution in [2.24, 2.45) is 11.8 Å². The highest BCUT2D eigenvalue weighted by atomic mass is 35.5. The normalized spacial score (nSPS) is 16.0. The summed E-state index contributed by atoms with van der Waals surface area (Å²) in [6.45, 7) is 2.21. The molecule has 3 aromatic rings. The fourth-order valence-electron chi connectivity index (χ4n) is 5.40. The molecule has 1 fully saturated rings. The lowest BCUT2D eigenvalue weighted by Crippen LogP contribution is -2.25. The Labute approximate surface area is 282 Å². The Morgan fingerprint density at radius 3 is 1.72 bits per heavy atom. The second-order valence-corrected chi connectivity index (χ2v) is 12.5. The Balaban J connectivity index is 1.28. The number of rotatable bonds is 13. The smallest absolute Gasteiger partial charge is 0.345 e. The van der Waals surface area contributed by atoms with Crippen molar-refractivity contribution in [3.63, 3.8) is 0 Å². The molecule has 9 nitrogen and oxygen atoms in total. The van der Waals surface area contributed by atoms with Crippen molar-refractivity contribution in [1.29, 1.82) is 0 Å². The molecule has 4 rings (SSSR count). The summed E-state index contributed by atoms with van der Waals surface area (Å²) in [6.07, 6.45) is 11.2. The minimum atomic E-state index is -0.855. The highest BCUT2D eigenvalue weighted by Crippen LogP contribution is 2.34. The van der Waals surface area contributed by atoms with Crippen molar-refractivity contribution in [3.8, 4) is 17.2 Å². The van der Waals surface area contributed by atoms with Crippen molar-refractivity contribution in [3.05, 3.63) is 90.9 Å². The zero-order chi connectivity index (χ0) is 33.2. The number of nitro benzene ring substituents is 1. The summed E-state index contributed by atoms with van der Waals surface area (Å²) in [5, 5.41) is 10.7. The maximum absolute atomic E-state index is 12.8. The van der Waals surface area contributed by atoms with Gasteiger partial charge in [0.2, 0.25) is 0 Å². The molecule has 46 heavy (non-hydrogen) atoms. The zero-order valence-corrected chi connectivity index (χ0v) is 27.5. The van der Waals surface area contributed by atoms with Gasteiger partial charge in [-0.2, -0.15) is 0 Å². The van der Waals surface area contributed by atoms with Gasteiger partial charge in [0.05, 0.1) is 32.0 Å². The lowest BCUT2D eigenvalue weighted by atomic mass is 9.80. The lowest BCUT2D eigenvalue weighted by molar-refractivity contribution is -0.384. The minimum absolute atomic E-state index is 0.0215. The summed E-state index contributed by atoms with van der Waals surface area (Å²) in [6, 6.07) is 11.7. The number of unbranched alkanes of at least 4 members (excludes halogenated alkanes) is 4. The molecule has 0 aliphatic heterocycles. The molecule has 0 saturated heterocycles. The van der Waals surface area contributed by atoms with Crippen molar-refractivity contribution in [2.75, 3.05) is 0 Å². The summed E-state index contributed by atoms with van der Waals surface area (Å²) in [5.74, 6) is -1.17. The van der Waals surface area contributed by atoms with Crippen LogP contribution in [0.3, 0.4) is 0 Å². The number of hydrogen-bond donors (Lipinski definition) is 0. The number of esters is 3. The van der Waals surface area contributed by atoms with Crippen LogP contribution in [-0.2, 0) is 4.79 Å². The molecule has 1 aliphatic rings. The molecule has 12 heteroatoms. The fraction of sp³-hybridized carbons (Fsp3) is 0.382. The molecular formula is C34H34Cl3NO8. The van der Waals surface area contributed by atoms with Gasteiger partial charge in [-0.05, 0) is 61.9 Å². The largest absolute Gasteiger partial charge is 0.426 e. The van der Waals surface area contributed by atoms with Crippen LogP contribution in [0.25, 0.3) is 0 Å². The van der Waals surface area contributed by atoms with Crippen LogP contribution in [0.1, 0.15) is 91.8 Å². The predicted molar refractivity (Wildman–Crippen MR) is 175 cm³/mol. The third-order valence-electron chi connectivity index (χ3n) is 7.97. The molecular weight excluding hydrogens is 657 g/mol. The van der Waals surface area contributed by atoms with Crippen LogP contribution in [0, 0.1) is 22.0 Å². The summed E-state index contributed by atoms with van der Waals surface area (Å²) in [5.41, 5.74) is -0.343. The molecule has 1 aliphatic carbocycles. The Bertz CT molecular complexity index is 1590. The minimum Gasteiger partial charge on any atom is -0.426 e. The fourth-order valence-corrected chi connectivity index (χ4v) is 6.13. The highest BCUT2D eigenvalue weighted by molar-refractivity contribution is 6.34. The van der Waals surface area contributed by atoms with Gasteiger partial charge in [-0.15, -0.1) is 0 Å². The Morgan fingerprint density at radius 1 is 0.717 bits per heavy atom. The first-order valence-corrected chi connectivity index (χ1v) is 16.4. The number of carbonyl (C=O) groups is 3. The van der Waals surface area contributed by atoms with Crippen LogP contribution in [0.15, 0.2) is 54.6 Å². The lowest BCUT2D eigenvalue weighted by Gasteiger charge is -2.27. The monoisotopic (exact) mass is 689 g/mol. The van der Waals surface area contributed by atoms with E-state index in [0.29, 0.717) is 5.92 Å². The molecule has 1 saturated carbocycles. The second kappa shape index (κ2) is 16.8. The van der Waals surface area contributed by atoms with E-state index in [1.165, 1.54) is 81.0 Å². The van der Waals surface area contributed by atoms with E-state index in [4.69, 9.17) is 49.0 Å². The van der Waals surface area contributed by atoms with Crippen molar-refractivity contribution in [1.82, 2.24) is 0 Å². The molecule has 0 aromatic heterocycles. The first kappa shape index (κ1) is 35.2. The van der Waals surface area contributed by atoms with Gasteiger partial charge in [0.25, 0.3) is 5.69 Å². The van der Waals surface area contributed by atoms with E-state index in [9.17, 15) is 24.5 Å². The Morgan fingerprint density at radius 2 is 1.22 bits per heavy atom. The van der Waals surface area contributed by atoms with E-state index in [1.54, 1.807) is 0 Å². The molecule has 244 valence electrons. The number of benzene rings is 3. The van der Waals surface area contributed by atoms with Crippen molar-refractivity contribution < 1.29 is 33.5 Å². The van der Waals surface area contributed by atoms with Gasteiger partial charge in [0, 0.05) is 24.3 Å². The van der Waals surface area contributed by atoms with Crippen LogP contribution in [0.5, 0.6) is 17.2 Å². The first-order chi connectivity index (χ1) is 22.0. The quantitative estimate of drug-likeness (QED) is 0.0571. The summed E-state index contributed by atoms with van der Waals surface area (Å²) >= 11 is 18.5. The van der Waals surface area contributed by atoms with Crippen LogP contribution >= 0.6 is 34.8 Å². The van der Waals surface area contributed by atoms with Crippen molar-refractivity contribution >= 4 is 58.4 Å². The molecule has 0 heterocycles. The van der Waals surface area contributed by atoms with E-state index in [1.807, 2.05) is 0 Å². The predicted octanol–water partition coefficient (Wildman–Crippen LogP) is 10.1. The zero-order valence-electron chi connectivity index (χ0n) is 25.3. The first-order valence-electron chi connectivity index (χ1n) is 15.2. The Hall–Kier alpha value is -3.66. The van der Waals surface area contributed by atoms with Gasteiger partial charge in [0.15, 0.2) is 0 Å². The maximum atomic E-state index is 12.8. The number of hydrogen-bond acceptors (Lipinski definition) is 8. The summed E-state index contributed by atoms with van der Waals surface area (Å²) < 4.78 is 16.2. The molecule has 0 spiro atoms. The summed E-state index contributed by atoms with van der Waals surface area (Å²) in [7, 11) is 0.